The van der Waals surface area contributed by atoms with Gasteiger partial charge in [-0.05, 0) is 43.1 Å². The molecule has 1 aliphatic carbocycles. The fourth-order valence-electron chi connectivity index (χ4n) is 2.67. The summed E-state index contributed by atoms with van der Waals surface area (Å²) in [5.41, 5.74) is 1.48. The van der Waals surface area contributed by atoms with E-state index in [0.29, 0.717) is 42.4 Å². The van der Waals surface area contributed by atoms with Crippen LogP contribution in [-0.2, 0) is 9.09 Å². The molecule has 0 bridgehead atoms. The molecule has 2 atom stereocenters. The van der Waals surface area contributed by atoms with E-state index < -0.39 is 6.80 Å². The van der Waals surface area contributed by atoms with Crippen LogP contribution in [0, 0.1) is 0 Å². The molecule has 1 aromatic rings. The summed E-state index contributed by atoms with van der Waals surface area (Å²) >= 11 is 7.07. The maximum atomic E-state index is 12.9. The van der Waals surface area contributed by atoms with Crippen molar-refractivity contribution < 1.29 is 18.4 Å². The Kier molecular flexibility index (Phi) is 7.02. The molecule has 7 heteroatoms. The molecule has 2 rings (SSSR count). The molecular weight excluding hydrogens is 355 g/mol. The maximum Gasteiger partial charge on any atom is 0.440 e. The Bertz CT molecular complexity index is 608. The number of benzene rings is 1. The predicted octanol–water partition coefficient (Wildman–Crippen LogP) is 5.65. The third-order valence-corrected chi connectivity index (χ3v) is 7.77. The Morgan fingerprint density at radius 3 is 2.83 bits per heavy atom. The lowest BCUT2D eigenvalue weighted by molar-refractivity contribution is 0.0988. The van der Waals surface area contributed by atoms with Crippen LogP contribution < -0.4 is 4.52 Å². The summed E-state index contributed by atoms with van der Waals surface area (Å²) in [4.78, 5) is 12.2. The first kappa shape index (κ1) is 18.9. The molecule has 1 aliphatic rings. The van der Waals surface area contributed by atoms with Crippen LogP contribution in [0.2, 0.25) is 0 Å². The highest BCUT2D eigenvalue weighted by Crippen LogP contribution is 2.61. The third kappa shape index (κ3) is 4.54. The summed E-state index contributed by atoms with van der Waals surface area (Å²) < 4.78 is 24.1. The van der Waals surface area contributed by atoms with Gasteiger partial charge in [-0.25, -0.2) is 4.57 Å². The number of fused-ring (bicyclic) bond motifs is 1. The highest BCUT2D eigenvalue weighted by molar-refractivity contribution is 8.55. The Morgan fingerprint density at radius 1 is 1.39 bits per heavy atom. The second-order valence-corrected chi connectivity index (χ2v) is 9.80. The highest BCUT2D eigenvalue weighted by atomic mass is 35.5. The van der Waals surface area contributed by atoms with Gasteiger partial charge in [0.05, 0.1) is 6.61 Å². The largest absolute Gasteiger partial charge is 0.440 e. The fraction of sp³-hybridized carbons (Fsp3) is 0.562. The first-order chi connectivity index (χ1) is 11.0. The minimum absolute atomic E-state index is 0.0254. The molecular formula is C16H22ClO4PS. The molecule has 0 heterocycles. The SMILES string of the molecule is CCCSP(=O)(OCC)Oc1cccc2c1C(CCCl)CC2=O. The van der Waals surface area contributed by atoms with Gasteiger partial charge in [0.15, 0.2) is 5.78 Å². The Balaban J connectivity index is 2.33. The predicted molar refractivity (Wildman–Crippen MR) is 96.1 cm³/mol. The molecule has 0 radical (unpaired) electrons. The molecule has 0 aromatic heterocycles. The summed E-state index contributed by atoms with van der Waals surface area (Å²) in [7, 11) is 0. The number of halogens is 1. The van der Waals surface area contributed by atoms with Crippen molar-refractivity contribution in [2.45, 2.75) is 39.0 Å². The van der Waals surface area contributed by atoms with E-state index in [1.54, 1.807) is 25.1 Å². The van der Waals surface area contributed by atoms with Crippen LogP contribution in [0.1, 0.15) is 54.9 Å². The van der Waals surface area contributed by atoms with Crippen LogP contribution in [0.4, 0.5) is 0 Å². The number of ketones is 1. The summed E-state index contributed by atoms with van der Waals surface area (Å²) in [6, 6.07) is 5.32. The van der Waals surface area contributed by atoms with E-state index in [9.17, 15) is 9.36 Å². The van der Waals surface area contributed by atoms with E-state index in [0.717, 1.165) is 12.0 Å². The van der Waals surface area contributed by atoms with Crippen molar-refractivity contribution in [2.24, 2.45) is 0 Å². The van der Waals surface area contributed by atoms with Crippen molar-refractivity contribution in [2.75, 3.05) is 18.2 Å². The minimum Gasteiger partial charge on any atom is -0.417 e. The van der Waals surface area contributed by atoms with E-state index in [1.807, 2.05) is 6.92 Å². The number of Topliss-reactive ketones (excluding diaryl/α,β-unsaturated/α-hetero) is 1. The van der Waals surface area contributed by atoms with Crippen molar-refractivity contribution in [3.8, 4) is 5.75 Å². The molecule has 23 heavy (non-hydrogen) atoms. The Hall–Kier alpha value is -0.480. The maximum absolute atomic E-state index is 12.9. The number of carbonyl (C=O) groups excluding carboxylic acids is 1. The molecule has 0 fully saturated rings. The molecule has 0 spiro atoms. The number of hydrogen-bond donors (Lipinski definition) is 0. The Morgan fingerprint density at radius 2 is 2.17 bits per heavy atom. The van der Waals surface area contributed by atoms with E-state index in [1.165, 1.54) is 11.4 Å². The van der Waals surface area contributed by atoms with E-state index in [2.05, 4.69) is 0 Å². The first-order valence-corrected chi connectivity index (χ1v) is 11.5. The third-order valence-electron chi connectivity index (χ3n) is 3.62. The van der Waals surface area contributed by atoms with E-state index >= 15 is 0 Å². The lowest BCUT2D eigenvalue weighted by atomic mass is 9.98. The molecule has 128 valence electrons. The topological polar surface area (TPSA) is 52.6 Å². The zero-order chi connectivity index (χ0) is 16.9. The monoisotopic (exact) mass is 376 g/mol. The lowest BCUT2D eigenvalue weighted by Crippen LogP contribution is -2.01. The highest BCUT2D eigenvalue weighted by Gasteiger charge is 2.35. The molecule has 1 aromatic carbocycles. The van der Waals surface area contributed by atoms with Gasteiger partial charge in [-0.15, -0.1) is 11.6 Å². The summed E-state index contributed by atoms with van der Waals surface area (Å²) in [6.45, 7) is 0.832. The van der Waals surface area contributed by atoms with Crippen LogP contribution >= 0.6 is 29.8 Å². The quantitative estimate of drug-likeness (QED) is 0.411. The summed E-state index contributed by atoms with van der Waals surface area (Å²) in [5.74, 6) is 1.77. The van der Waals surface area contributed by atoms with Crippen LogP contribution in [0.15, 0.2) is 18.2 Å². The molecule has 0 amide bonds. The molecule has 0 aliphatic heterocycles. The minimum atomic E-state index is -3.28. The summed E-state index contributed by atoms with van der Waals surface area (Å²) in [6.07, 6.45) is 2.01. The fourth-order valence-corrected chi connectivity index (χ4v) is 6.40. The molecule has 0 saturated carbocycles. The number of hydrogen-bond acceptors (Lipinski definition) is 5. The van der Waals surface area contributed by atoms with Crippen LogP contribution in [0.5, 0.6) is 5.75 Å². The second kappa shape index (κ2) is 8.57. The summed E-state index contributed by atoms with van der Waals surface area (Å²) in [5, 5.41) is 0. The first-order valence-electron chi connectivity index (χ1n) is 7.85. The van der Waals surface area contributed by atoms with Crippen LogP contribution in [-0.4, -0.2) is 24.0 Å². The van der Waals surface area contributed by atoms with E-state index in [4.69, 9.17) is 20.6 Å². The lowest BCUT2D eigenvalue weighted by Gasteiger charge is -2.21. The van der Waals surface area contributed by atoms with Gasteiger partial charge in [0.2, 0.25) is 0 Å². The number of carbonyl (C=O) groups is 1. The zero-order valence-corrected chi connectivity index (χ0v) is 15.9. The average molecular weight is 377 g/mol. The molecule has 2 unspecified atom stereocenters. The van der Waals surface area contributed by atoms with Gasteiger partial charge in [0.1, 0.15) is 5.75 Å². The molecule has 0 N–H and O–H groups in total. The van der Waals surface area contributed by atoms with E-state index in [-0.39, 0.29) is 11.7 Å². The van der Waals surface area contributed by atoms with Crippen LogP contribution in [0.3, 0.4) is 0 Å². The van der Waals surface area contributed by atoms with Crippen molar-refractivity contribution in [1.82, 2.24) is 0 Å². The van der Waals surface area contributed by atoms with Gasteiger partial charge in [-0.3, -0.25) is 9.32 Å². The van der Waals surface area contributed by atoms with Crippen LogP contribution in [0.25, 0.3) is 0 Å². The Labute approximate surface area is 146 Å². The molecule has 4 nitrogen and oxygen atoms in total. The number of alkyl halides is 1. The van der Waals surface area contributed by atoms with Gasteiger partial charge < -0.3 is 4.52 Å². The van der Waals surface area contributed by atoms with Gasteiger partial charge in [-0.1, -0.05) is 19.1 Å². The second-order valence-electron chi connectivity index (χ2n) is 5.31. The number of rotatable bonds is 9. The normalized spacial score (nSPS) is 19.4. The smallest absolute Gasteiger partial charge is 0.417 e. The standard InChI is InChI=1S/C16H22ClO4PS/c1-3-10-23-22(19,20-4-2)21-15-7-5-6-13-14(18)11-12(8-9-17)16(13)15/h5-7,12H,3-4,8-11H2,1-2H3. The van der Waals surface area contributed by atoms with Crippen molar-refractivity contribution >= 4 is 35.6 Å². The van der Waals surface area contributed by atoms with Crippen molar-refractivity contribution in [3.63, 3.8) is 0 Å². The van der Waals surface area contributed by atoms with Gasteiger partial charge in [-0.2, -0.15) is 0 Å². The van der Waals surface area contributed by atoms with Gasteiger partial charge in [0.25, 0.3) is 0 Å². The van der Waals surface area contributed by atoms with Gasteiger partial charge in [0, 0.05) is 29.2 Å². The molecule has 0 saturated heterocycles. The zero-order valence-electron chi connectivity index (χ0n) is 13.4. The van der Waals surface area contributed by atoms with Crippen molar-refractivity contribution in [3.05, 3.63) is 29.3 Å². The van der Waals surface area contributed by atoms with Crippen molar-refractivity contribution in [1.29, 1.82) is 0 Å². The van der Waals surface area contributed by atoms with Gasteiger partial charge >= 0.3 is 6.80 Å². The average Bonchev–Trinajstić information content (AvgIpc) is 2.84.